The zero-order valence-electron chi connectivity index (χ0n) is 18.4. The standard InChI is InChI=1S/C23H31ClFN3O5/c24-19-11-16(1-3-20(19)25)2-4-22(32)27-8-6-23(33)28(10-9-27)13-18(30)12-26-7-5-17(15-29)21(31)14-26/h1-4,11,17-18,21,29-31H,5-10,12-15H2/t17-,18-,21-/m0/s1. The van der Waals surface area contributed by atoms with Crippen molar-refractivity contribution in [3.05, 3.63) is 40.7 Å². The molecule has 0 radical (unpaired) electrons. The SMILES string of the molecule is O=C(C=Cc1ccc(F)c(Cl)c1)N1CCC(=O)N(C[C@@H](O)CN2CC[C@@H](CO)[C@@H](O)C2)CC1. The summed E-state index contributed by atoms with van der Waals surface area (Å²) >= 11 is 5.76. The third-order valence-corrected chi connectivity index (χ3v) is 6.49. The van der Waals surface area contributed by atoms with Crippen LogP contribution in [-0.2, 0) is 9.59 Å². The Balaban J connectivity index is 1.49. The Kier molecular flexibility index (Phi) is 9.22. The number of likely N-dealkylation sites (tertiary alicyclic amines) is 1. The van der Waals surface area contributed by atoms with Crippen LogP contribution in [0.15, 0.2) is 24.3 Å². The second-order valence-electron chi connectivity index (χ2n) is 8.63. The molecule has 33 heavy (non-hydrogen) atoms. The molecule has 1 aromatic carbocycles. The molecule has 10 heteroatoms. The molecule has 182 valence electrons. The minimum absolute atomic E-state index is 0.0218. The lowest BCUT2D eigenvalue weighted by molar-refractivity contribution is -0.132. The van der Waals surface area contributed by atoms with E-state index in [1.165, 1.54) is 24.3 Å². The molecule has 3 N–H and O–H groups in total. The number of β-amino-alcohol motifs (C(OH)–C–C–N with tert-alkyl or cyclic N) is 2. The fraction of sp³-hybridized carbons (Fsp3) is 0.565. The number of aliphatic hydroxyl groups is 3. The van der Waals surface area contributed by atoms with Gasteiger partial charge in [-0.15, -0.1) is 0 Å². The number of amides is 2. The maximum Gasteiger partial charge on any atom is 0.246 e. The van der Waals surface area contributed by atoms with Crippen molar-refractivity contribution in [2.24, 2.45) is 5.92 Å². The summed E-state index contributed by atoms with van der Waals surface area (Å²) in [5.74, 6) is -1.05. The second-order valence-corrected chi connectivity index (χ2v) is 9.04. The lowest BCUT2D eigenvalue weighted by Gasteiger charge is -2.36. The van der Waals surface area contributed by atoms with E-state index in [0.29, 0.717) is 44.7 Å². The molecule has 1 aromatic rings. The van der Waals surface area contributed by atoms with E-state index in [2.05, 4.69) is 0 Å². The van der Waals surface area contributed by atoms with Gasteiger partial charge in [-0.3, -0.25) is 14.5 Å². The average Bonchev–Trinajstić information content (AvgIpc) is 2.96. The van der Waals surface area contributed by atoms with Gasteiger partial charge in [-0.05, 0) is 36.7 Å². The minimum atomic E-state index is -0.780. The summed E-state index contributed by atoms with van der Waals surface area (Å²) in [5, 5.41) is 29.8. The molecule has 2 aliphatic rings. The van der Waals surface area contributed by atoms with Gasteiger partial charge < -0.3 is 25.1 Å². The van der Waals surface area contributed by atoms with Crippen LogP contribution in [0.4, 0.5) is 4.39 Å². The van der Waals surface area contributed by atoms with Gasteiger partial charge in [0.15, 0.2) is 0 Å². The molecule has 0 unspecified atom stereocenters. The minimum Gasteiger partial charge on any atom is -0.396 e. The first kappa shape index (κ1) is 25.6. The molecule has 0 spiro atoms. The molecule has 0 aromatic heterocycles. The third-order valence-electron chi connectivity index (χ3n) is 6.20. The van der Waals surface area contributed by atoms with E-state index in [4.69, 9.17) is 11.6 Å². The lowest BCUT2D eigenvalue weighted by atomic mass is 9.94. The topological polar surface area (TPSA) is 105 Å². The number of nitrogens with zero attached hydrogens (tertiary/aromatic N) is 3. The maximum atomic E-state index is 13.3. The van der Waals surface area contributed by atoms with Gasteiger partial charge in [0, 0.05) is 64.3 Å². The summed E-state index contributed by atoms with van der Waals surface area (Å²) in [6.45, 7) is 2.40. The van der Waals surface area contributed by atoms with E-state index in [9.17, 15) is 29.3 Å². The number of rotatable bonds is 7. The predicted molar refractivity (Wildman–Crippen MR) is 122 cm³/mol. The summed E-state index contributed by atoms with van der Waals surface area (Å²) in [6.07, 6.45) is 2.33. The molecule has 8 nitrogen and oxygen atoms in total. The van der Waals surface area contributed by atoms with E-state index in [1.807, 2.05) is 4.90 Å². The first-order valence-electron chi connectivity index (χ1n) is 11.2. The Bertz CT molecular complexity index is 870. The van der Waals surface area contributed by atoms with E-state index < -0.39 is 18.0 Å². The van der Waals surface area contributed by atoms with Crippen LogP contribution in [0.25, 0.3) is 6.08 Å². The van der Waals surface area contributed by atoms with Crippen molar-refractivity contribution >= 4 is 29.5 Å². The number of piperidine rings is 1. The summed E-state index contributed by atoms with van der Waals surface area (Å²) in [5.41, 5.74) is 0.596. The van der Waals surface area contributed by atoms with Crippen LogP contribution in [0.5, 0.6) is 0 Å². The van der Waals surface area contributed by atoms with Crippen LogP contribution in [0.1, 0.15) is 18.4 Å². The number of hydrogen-bond acceptors (Lipinski definition) is 6. The Hall–Kier alpha value is -2.04. The van der Waals surface area contributed by atoms with Crippen molar-refractivity contribution in [1.29, 1.82) is 0 Å². The van der Waals surface area contributed by atoms with Crippen molar-refractivity contribution in [3.8, 4) is 0 Å². The molecule has 0 aliphatic carbocycles. The van der Waals surface area contributed by atoms with Crippen LogP contribution in [-0.4, -0.2) is 106 Å². The van der Waals surface area contributed by atoms with Gasteiger partial charge in [0.2, 0.25) is 11.8 Å². The number of carbonyl (C=O) groups excluding carboxylic acids is 2. The number of aliphatic hydroxyl groups excluding tert-OH is 3. The van der Waals surface area contributed by atoms with Crippen LogP contribution < -0.4 is 0 Å². The van der Waals surface area contributed by atoms with Gasteiger partial charge in [0.05, 0.1) is 17.2 Å². The molecule has 2 fully saturated rings. The van der Waals surface area contributed by atoms with E-state index in [-0.39, 0.29) is 48.9 Å². The quantitative estimate of drug-likeness (QED) is 0.490. The average molecular weight is 484 g/mol. The molecule has 3 atom stereocenters. The van der Waals surface area contributed by atoms with Crippen molar-refractivity contribution in [2.75, 3.05) is 52.4 Å². The molecular formula is C23H31ClFN3O5. The Morgan fingerprint density at radius 2 is 2.03 bits per heavy atom. The number of carbonyl (C=O) groups is 2. The normalized spacial score (nSPS) is 23.7. The van der Waals surface area contributed by atoms with Crippen LogP contribution >= 0.6 is 11.6 Å². The molecule has 0 bridgehead atoms. The molecule has 2 aliphatic heterocycles. The van der Waals surface area contributed by atoms with Crippen molar-refractivity contribution < 1.29 is 29.3 Å². The molecule has 0 saturated carbocycles. The second kappa shape index (κ2) is 11.9. The molecule has 2 amide bonds. The van der Waals surface area contributed by atoms with Crippen molar-refractivity contribution in [3.63, 3.8) is 0 Å². The zero-order chi connectivity index (χ0) is 24.0. The highest BCUT2D eigenvalue weighted by Gasteiger charge is 2.29. The smallest absolute Gasteiger partial charge is 0.246 e. The summed E-state index contributed by atoms with van der Waals surface area (Å²) in [6, 6.07) is 4.18. The first-order chi connectivity index (χ1) is 15.8. The van der Waals surface area contributed by atoms with Gasteiger partial charge in [-0.1, -0.05) is 17.7 Å². The van der Waals surface area contributed by atoms with E-state index in [0.717, 1.165) is 0 Å². The zero-order valence-corrected chi connectivity index (χ0v) is 19.2. The first-order valence-corrected chi connectivity index (χ1v) is 11.5. The number of benzene rings is 1. The molecular weight excluding hydrogens is 453 g/mol. The van der Waals surface area contributed by atoms with Gasteiger partial charge in [-0.25, -0.2) is 4.39 Å². The lowest BCUT2D eigenvalue weighted by Crippen LogP contribution is -2.49. The van der Waals surface area contributed by atoms with Crippen LogP contribution in [0, 0.1) is 11.7 Å². The van der Waals surface area contributed by atoms with E-state index >= 15 is 0 Å². The third kappa shape index (κ3) is 7.22. The van der Waals surface area contributed by atoms with Crippen molar-refractivity contribution in [1.82, 2.24) is 14.7 Å². The Morgan fingerprint density at radius 3 is 2.73 bits per heavy atom. The van der Waals surface area contributed by atoms with Crippen molar-refractivity contribution in [2.45, 2.75) is 25.0 Å². The maximum absolute atomic E-state index is 13.3. The van der Waals surface area contributed by atoms with E-state index in [1.54, 1.807) is 15.9 Å². The van der Waals surface area contributed by atoms with Gasteiger partial charge in [0.1, 0.15) is 5.82 Å². The summed E-state index contributed by atoms with van der Waals surface area (Å²) in [4.78, 5) is 30.2. The van der Waals surface area contributed by atoms with Gasteiger partial charge in [-0.2, -0.15) is 0 Å². The molecule has 3 rings (SSSR count). The number of hydrogen-bond donors (Lipinski definition) is 3. The molecule has 2 heterocycles. The molecule has 2 saturated heterocycles. The van der Waals surface area contributed by atoms with Gasteiger partial charge in [0.25, 0.3) is 0 Å². The fourth-order valence-electron chi connectivity index (χ4n) is 4.20. The summed E-state index contributed by atoms with van der Waals surface area (Å²) in [7, 11) is 0. The van der Waals surface area contributed by atoms with Crippen LogP contribution in [0.3, 0.4) is 0 Å². The highest BCUT2D eigenvalue weighted by Crippen LogP contribution is 2.18. The summed E-state index contributed by atoms with van der Waals surface area (Å²) < 4.78 is 13.3. The predicted octanol–water partition coefficient (Wildman–Crippen LogP) is 0.589. The Morgan fingerprint density at radius 1 is 1.24 bits per heavy atom. The van der Waals surface area contributed by atoms with Gasteiger partial charge >= 0.3 is 0 Å². The largest absolute Gasteiger partial charge is 0.396 e. The Labute approximate surface area is 197 Å². The van der Waals surface area contributed by atoms with Crippen LogP contribution in [0.2, 0.25) is 5.02 Å². The fourth-order valence-corrected chi connectivity index (χ4v) is 4.39. The number of halogens is 2. The highest BCUT2D eigenvalue weighted by atomic mass is 35.5. The highest BCUT2D eigenvalue weighted by molar-refractivity contribution is 6.30. The monoisotopic (exact) mass is 483 g/mol.